The van der Waals surface area contributed by atoms with Gasteiger partial charge in [0.25, 0.3) is 0 Å². The van der Waals surface area contributed by atoms with Crippen LogP contribution in [0.25, 0.3) is 0 Å². The van der Waals surface area contributed by atoms with E-state index in [1.807, 2.05) is 12.5 Å². The van der Waals surface area contributed by atoms with Crippen molar-refractivity contribution in [1.82, 2.24) is 16.0 Å². The number of nitrogens with two attached hydrogens (primary N) is 1. The Kier molecular flexibility index (Phi) is 15.6. The molecule has 0 saturated heterocycles. The van der Waals surface area contributed by atoms with Crippen LogP contribution in [0, 0.1) is 5.92 Å². The van der Waals surface area contributed by atoms with Gasteiger partial charge in [0.15, 0.2) is 0 Å². The van der Waals surface area contributed by atoms with E-state index in [9.17, 15) is 29.1 Å². The smallest absolute Gasteiger partial charge is 0.326 e. The highest BCUT2D eigenvalue weighted by atomic mass is 32.2. The Morgan fingerprint density at radius 2 is 1.30 bits per heavy atom. The molecule has 0 spiro atoms. The molecule has 0 aromatic carbocycles. The van der Waals surface area contributed by atoms with Crippen molar-refractivity contribution in [2.24, 2.45) is 11.7 Å². The maximum atomic E-state index is 12.9. The van der Waals surface area contributed by atoms with Crippen LogP contribution in [0.1, 0.15) is 39.5 Å². The lowest BCUT2D eigenvalue weighted by Crippen LogP contribution is -2.58. The molecule has 0 aromatic heterocycles. The van der Waals surface area contributed by atoms with Gasteiger partial charge in [0.2, 0.25) is 17.7 Å². The van der Waals surface area contributed by atoms with Gasteiger partial charge < -0.3 is 31.9 Å². The molecule has 7 N–H and O–H groups in total. The van der Waals surface area contributed by atoms with Crippen molar-refractivity contribution in [3.05, 3.63) is 0 Å². The highest BCUT2D eigenvalue weighted by molar-refractivity contribution is 7.98. The van der Waals surface area contributed by atoms with Gasteiger partial charge in [0, 0.05) is 6.42 Å². The molecule has 11 nitrogen and oxygen atoms in total. The number of rotatable bonds is 17. The Balaban J connectivity index is 5.31. The van der Waals surface area contributed by atoms with Gasteiger partial charge in [-0.15, -0.1) is 0 Å². The molecule has 4 atom stereocenters. The molecular weight excluding hydrogens is 472 g/mol. The summed E-state index contributed by atoms with van der Waals surface area (Å²) in [5, 5.41) is 25.7. The first-order valence-electron chi connectivity index (χ1n) is 10.5. The van der Waals surface area contributed by atoms with Crippen LogP contribution in [0.4, 0.5) is 0 Å². The second-order valence-electron chi connectivity index (χ2n) is 7.79. The first-order chi connectivity index (χ1) is 15.4. The fraction of sp³-hybridized carbons (Fsp3) is 0.750. The Hall–Kier alpha value is -1.99. The normalized spacial score (nSPS) is 14.6. The summed E-state index contributed by atoms with van der Waals surface area (Å²) in [5.41, 5.74) is 5.73. The van der Waals surface area contributed by atoms with Gasteiger partial charge in [0.05, 0.1) is 6.04 Å². The summed E-state index contributed by atoms with van der Waals surface area (Å²) >= 11 is 2.92. The lowest BCUT2D eigenvalue weighted by atomic mass is 10.0. The average molecular weight is 509 g/mol. The zero-order chi connectivity index (χ0) is 25.6. The fourth-order valence-corrected chi connectivity index (χ4v) is 3.68. The third-order valence-corrected chi connectivity index (χ3v) is 6.01. The molecule has 0 rings (SSSR count). The molecule has 4 unspecified atom stereocenters. The first kappa shape index (κ1) is 31.0. The van der Waals surface area contributed by atoms with Crippen LogP contribution < -0.4 is 21.7 Å². The molecule has 0 aliphatic rings. The Bertz CT molecular complexity index is 679. The quantitative estimate of drug-likeness (QED) is 0.154. The molecule has 33 heavy (non-hydrogen) atoms. The van der Waals surface area contributed by atoms with Crippen LogP contribution in [0.5, 0.6) is 0 Å². The second-order valence-corrected chi connectivity index (χ2v) is 9.76. The SMILES string of the molecule is CSCCC(NC(=O)C(NC(=O)C(CCSC)NC(=O)C(N)CCC(=O)O)C(C)C)C(=O)O. The Labute approximate surface area is 202 Å². The molecule has 0 saturated carbocycles. The average Bonchev–Trinajstić information content (AvgIpc) is 2.74. The van der Waals surface area contributed by atoms with Crippen LogP contribution in [0.3, 0.4) is 0 Å². The number of carbonyl (C=O) groups excluding carboxylic acids is 3. The highest BCUT2D eigenvalue weighted by Crippen LogP contribution is 2.08. The van der Waals surface area contributed by atoms with Crippen molar-refractivity contribution in [2.75, 3.05) is 24.0 Å². The van der Waals surface area contributed by atoms with Crippen molar-refractivity contribution < 1.29 is 34.2 Å². The summed E-state index contributed by atoms with van der Waals surface area (Å²) in [4.78, 5) is 60.2. The summed E-state index contributed by atoms with van der Waals surface area (Å²) in [6, 6.07) is -4.17. The minimum Gasteiger partial charge on any atom is -0.481 e. The third-order valence-electron chi connectivity index (χ3n) is 4.72. The standard InChI is InChI=1S/C20H36N4O7S2/c1-11(2)16(19(29)23-14(20(30)31)8-10-33-4)24-18(28)13(7-9-32-3)22-17(27)12(21)5-6-15(25)26/h11-14,16H,5-10,21H2,1-4H3,(H,22,27)(H,23,29)(H,24,28)(H,25,26)(H,30,31). The topological polar surface area (TPSA) is 188 Å². The van der Waals surface area contributed by atoms with E-state index in [1.54, 1.807) is 13.8 Å². The van der Waals surface area contributed by atoms with Crippen LogP contribution in [-0.2, 0) is 24.0 Å². The maximum Gasteiger partial charge on any atom is 0.326 e. The lowest BCUT2D eigenvalue weighted by Gasteiger charge is -2.27. The van der Waals surface area contributed by atoms with Gasteiger partial charge in [-0.2, -0.15) is 23.5 Å². The van der Waals surface area contributed by atoms with Crippen LogP contribution >= 0.6 is 23.5 Å². The van der Waals surface area contributed by atoms with E-state index in [-0.39, 0.29) is 31.6 Å². The number of amides is 3. The number of carboxylic acids is 2. The van der Waals surface area contributed by atoms with Gasteiger partial charge in [0.1, 0.15) is 18.1 Å². The predicted molar refractivity (Wildman–Crippen MR) is 129 cm³/mol. The molecule has 0 aliphatic heterocycles. The van der Waals surface area contributed by atoms with E-state index < -0.39 is 53.8 Å². The molecule has 13 heteroatoms. The number of carboxylic acid groups (broad SMARTS) is 2. The highest BCUT2D eigenvalue weighted by Gasteiger charge is 2.31. The summed E-state index contributed by atoms with van der Waals surface area (Å²) in [7, 11) is 0. The van der Waals surface area contributed by atoms with Crippen LogP contribution in [0.2, 0.25) is 0 Å². The number of hydrogen-bond acceptors (Lipinski definition) is 8. The van der Waals surface area contributed by atoms with Crippen molar-refractivity contribution in [3.8, 4) is 0 Å². The van der Waals surface area contributed by atoms with E-state index in [0.717, 1.165) is 0 Å². The molecular formula is C20H36N4O7S2. The van der Waals surface area contributed by atoms with Crippen molar-refractivity contribution in [3.63, 3.8) is 0 Å². The van der Waals surface area contributed by atoms with Gasteiger partial charge in [-0.05, 0) is 49.2 Å². The molecule has 0 heterocycles. The van der Waals surface area contributed by atoms with Crippen molar-refractivity contribution in [1.29, 1.82) is 0 Å². The molecule has 0 fully saturated rings. The number of hydrogen-bond donors (Lipinski definition) is 6. The van der Waals surface area contributed by atoms with E-state index in [4.69, 9.17) is 10.8 Å². The monoisotopic (exact) mass is 508 g/mol. The first-order valence-corrected chi connectivity index (χ1v) is 13.3. The largest absolute Gasteiger partial charge is 0.481 e. The zero-order valence-corrected chi connectivity index (χ0v) is 21.1. The molecule has 0 bridgehead atoms. The van der Waals surface area contributed by atoms with Crippen LogP contribution in [-0.4, -0.2) is 88.1 Å². The second kappa shape index (κ2) is 16.6. The van der Waals surface area contributed by atoms with Crippen molar-refractivity contribution >= 4 is 53.2 Å². The lowest BCUT2D eigenvalue weighted by molar-refractivity contribution is -0.142. The third kappa shape index (κ3) is 12.7. The zero-order valence-electron chi connectivity index (χ0n) is 19.5. The van der Waals surface area contributed by atoms with Gasteiger partial charge >= 0.3 is 11.9 Å². The van der Waals surface area contributed by atoms with E-state index in [1.165, 1.54) is 23.5 Å². The summed E-state index contributed by atoms with van der Waals surface area (Å²) in [6.07, 6.45) is 3.80. The fourth-order valence-electron chi connectivity index (χ4n) is 2.74. The molecule has 0 aromatic rings. The van der Waals surface area contributed by atoms with E-state index in [0.29, 0.717) is 11.5 Å². The van der Waals surface area contributed by atoms with E-state index >= 15 is 0 Å². The van der Waals surface area contributed by atoms with E-state index in [2.05, 4.69) is 16.0 Å². The molecule has 3 amide bonds. The minimum absolute atomic E-state index is 0.0817. The Morgan fingerprint density at radius 1 is 0.788 bits per heavy atom. The minimum atomic E-state index is -1.16. The summed E-state index contributed by atoms with van der Waals surface area (Å²) in [6.45, 7) is 3.42. The predicted octanol–water partition coefficient (Wildman–Crippen LogP) is -0.120. The molecule has 0 radical (unpaired) electrons. The maximum absolute atomic E-state index is 12.9. The van der Waals surface area contributed by atoms with Crippen molar-refractivity contribution in [2.45, 2.75) is 63.7 Å². The number of aliphatic carboxylic acids is 2. The Morgan fingerprint density at radius 3 is 1.76 bits per heavy atom. The number of carbonyl (C=O) groups is 5. The molecule has 190 valence electrons. The van der Waals surface area contributed by atoms with Gasteiger partial charge in [-0.25, -0.2) is 4.79 Å². The van der Waals surface area contributed by atoms with Gasteiger partial charge in [-0.3, -0.25) is 19.2 Å². The van der Waals surface area contributed by atoms with Gasteiger partial charge in [-0.1, -0.05) is 13.8 Å². The number of nitrogens with one attached hydrogen (secondary N) is 3. The molecule has 0 aliphatic carbocycles. The summed E-state index contributed by atoms with van der Waals surface area (Å²) in [5.74, 6) is -3.40. The summed E-state index contributed by atoms with van der Waals surface area (Å²) < 4.78 is 0. The van der Waals surface area contributed by atoms with Crippen LogP contribution in [0.15, 0.2) is 0 Å². The number of thioether (sulfide) groups is 2.